The summed E-state index contributed by atoms with van der Waals surface area (Å²) < 4.78 is 10.2. The molecule has 0 fully saturated rings. The number of carbonyl (C=O) groups is 3. The minimum Gasteiger partial charge on any atom is -0.467 e. The fourth-order valence-corrected chi connectivity index (χ4v) is 3.47. The highest BCUT2D eigenvalue weighted by molar-refractivity contribution is 6.03. The summed E-state index contributed by atoms with van der Waals surface area (Å²) in [6.07, 6.45) is 1.34. The molecule has 1 aromatic heterocycles. The Morgan fingerprint density at radius 2 is 1.67 bits per heavy atom. The van der Waals surface area contributed by atoms with Gasteiger partial charge >= 0.3 is 12.1 Å². The Kier molecular flexibility index (Phi) is 5.78. The van der Waals surface area contributed by atoms with Gasteiger partial charge in [0.15, 0.2) is 5.69 Å². The van der Waals surface area contributed by atoms with Crippen molar-refractivity contribution >= 4 is 23.7 Å². The van der Waals surface area contributed by atoms with Gasteiger partial charge in [-0.3, -0.25) is 10.1 Å². The van der Waals surface area contributed by atoms with Crippen molar-refractivity contribution in [2.24, 2.45) is 0 Å². The summed E-state index contributed by atoms with van der Waals surface area (Å²) in [6, 6.07) is 10.7. The number of fused-ring (bicyclic) bond motifs is 1. The number of benzene rings is 1. The number of anilines is 1. The standard InChI is InChI=1S/C22H25N3O5/c1-21(2,3)30-20(28)24-16-10-7-11-23-17(16)18(26)25-22(19(27)29-4)12-14-8-5-6-9-15(14)13-22/h5-11H,12-13H2,1-4H3,(H,24,28)(H,25,26). The molecular formula is C22H25N3O5. The van der Waals surface area contributed by atoms with E-state index in [1.807, 2.05) is 24.3 Å². The number of methoxy groups -OCH3 is 1. The minimum atomic E-state index is -1.24. The molecule has 158 valence electrons. The number of rotatable bonds is 4. The van der Waals surface area contributed by atoms with Crippen molar-refractivity contribution in [1.82, 2.24) is 10.3 Å². The summed E-state index contributed by atoms with van der Waals surface area (Å²) in [4.78, 5) is 42.0. The first kappa shape index (κ1) is 21.3. The zero-order chi connectivity index (χ0) is 21.9. The molecule has 2 N–H and O–H groups in total. The maximum Gasteiger partial charge on any atom is 0.412 e. The van der Waals surface area contributed by atoms with Gasteiger partial charge in [-0.1, -0.05) is 24.3 Å². The maximum absolute atomic E-state index is 13.1. The lowest BCUT2D eigenvalue weighted by molar-refractivity contribution is -0.147. The fourth-order valence-electron chi connectivity index (χ4n) is 3.47. The lowest BCUT2D eigenvalue weighted by Gasteiger charge is -2.27. The van der Waals surface area contributed by atoms with Gasteiger partial charge in [0, 0.05) is 19.0 Å². The third-order valence-electron chi connectivity index (χ3n) is 4.69. The van der Waals surface area contributed by atoms with Crippen LogP contribution in [0.15, 0.2) is 42.6 Å². The average molecular weight is 411 g/mol. The minimum absolute atomic E-state index is 0.0254. The Hall–Kier alpha value is -3.42. The predicted octanol–water partition coefficient (Wildman–Crippen LogP) is 2.87. The Morgan fingerprint density at radius 3 is 2.23 bits per heavy atom. The van der Waals surface area contributed by atoms with Gasteiger partial charge in [-0.05, 0) is 44.0 Å². The van der Waals surface area contributed by atoms with Gasteiger partial charge < -0.3 is 14.8 Å². The number of esters is 1. The maximum atomic E-state index is 13.1. The second kappa shape index (κ2) is 8.14. The largest absolute Gasteiger partial charge is 0.467 e. The third kappa shape index (κ3) is 4.59. The highest BCUT2D eigenvalue weighted by Gasteiger charge is 2.46. The number of nitrogens with zero attached hydrogens (tertiary/aromatic N) is 1. The topological polar surface area (TPSA) is 107 Å². The van der Waals surface area contributed by atoms with Gasteiger partial charge in [0.05, 0.1) is 12.8 Å². The molecule has 0 atom stereocenters. The van der Waals surface area contributed by atoms with Crippen LogP contribution in [0.2, 0.25) is 0 Å². The molecule has 1 aromatic carbocycles. The summed E-state index contributed by atoms with van der Waals surface area (Å²) in [5.41, 5.74) is 0.158. The van der Waals surface area contributed by atoms with Crippen molar-refractivity contribution in [2.75, 3.05) is 12.4 Å². The van der Waals surface area contributed by atoms with Crippen molar-refractivity contribution in [3.8, 4) is 0 Å². The number of aromatic nitrogens is 1. The van der Waals surface area contributed by atoms with Gasteiger partial charge in [0.1, 0.15) is 11.1 Å². The van der Waals surface area contributed by atoms with E-state index >= 15 is 0 Å². The van der Waals surface area contributed by atoms with Crippen LogP contribution in [-0.2, 0) is 27.1 Å². The lowest BCUT2D eigenvalue weighted by atomic mass is 9.95. The number of ether oxygens (including phenoxy) is 2. The van der Waals surface area contributed by atoms with Crippen molar-refractivity contribution in [3.05, 3.63) is 59.4 Å². The zero-order valence-electron chi connectivity index (χ0n) is 17.4. The zero-order valence-corrected chi connectivity index (χ0v) is 17.4. The number of hydrogen-bond donors (Lipinski definition) is 2. The van der Waals surface area contributed by atoms with E-state index < -0.39 is 29.1 Å². The normalized spacial score (nSPS) is 14.4. The summed E-state index contributed by atoms with van der Waals surface area (Å²) in [6.45, 7) is 5.21. The molecule has 0 bridgehead atoms. The monoisotopic (exact) mass is 411 g/mol. The van der Waals surface area contributed by atoms with Crippen LogP contribution < -0.4 is 10.6 Å². The van der Waals surface area contributed by atoms with Gasteiger partial charge in [-0.15, -0.1) is 0 Å². The molecule has 2 amide bonds. The molecule has 0 aliphatic heterocycles. The highest BCUT2D eigenvalue weighted by atomic mass is 16.6. The van der Waals surface area contributed by atoms with Gasteiger partial charge in [0.2, 0.25) is 0 Å². The summed E-state index contributed by atoms with van der Waals surface area (Å²) in [5.74, 6) is -1.13. The van der Waals surface area contributed by atoms with Gasteiger partial charge in [-0.2, -0.15) is 0 Å². The quantitative estimate of drug-likeness (QED) is 0.750. The number of pyridine rings is 1. The van der Waals surface area contributed by atoms with Crippen molar-refractivity contribution in [1.29, 1.82) is 0 Å². The molecule has 30 heavy (non-hydrogen) atoms. The Bertz CT molecular complexity index is 956. The summed E-state index contributed by atoms with van der Waals surface area (Å²) in [5, 5.41) is 5.35. The van der Waals surface area contributed by atoms with Crippen LogP contribution in [0.4, 0.5) is 10.5 Å². The Labute approximate surface area is 175 Å². The van der Waals surface area contributed by atoms with E-state index in [0.29, 0.717) is 12.8 Å². The van der Waals surface area contributed by atoms with E-state index in [9.17, 15) is 14.4 Å². The molecule has 3 rings (SSSR count). The number of amides is 2. The molecule has 8 nitrogen and oxygen atoms in total. The van der Waals surface area contributed by atoms with Crippen LogP contribution in [0.3, 0.4) is 0 Å². The number of nitrogens with one attached hydrogen (secondary N) is 2. The first-order valence-corrected chi connectivity index (χ1v) is 9.56. The fraction of sp³-hybridized carbons (Fsp3) is 0.364. The molecule has 1 aliphatic rings. The number of hydrogen-bond acceptors (Lipinski definition) is 6. The van der Waals surface area contributed by atoms with Crippen molar-refractivity contribution in [3.63, 3.8) is 0 Å². The van der Waals surface area contributed by atoms with E-state index in [2.05, 4.69) is 15.6 Å². The lowest BCUT2D eigenvalue weighted by Crippen LogP contribution is -2.56. The second-order valence-corrected chi connectivity index (χ2v) is 8.18. The average Bonchev–Trinajstić information content (AvgIpc) is 3.05. The molecule has 0 saturated carbocycles. The van der Waals surface area contributed by atoms with Crippen LogP contribution in [0, 0.1) is 0 Å². The van der Waals surface area contributed by atoms with E-state index in [1.165, 1.54) is 13.3 Å². The highest BCUT2D eigenvalue weighted by Crippen LogP contribution is 2.31. The molecule has 0 unspecified atom stereocenters. The van der Waals surface area contributed by atoms with E-state index in [0.717, 1.165) is 11.1 Å². The van der Waals surface area contributed by atoms with E-state index in [-0.39, 0.29) is 11.4 Å². The van der Waals surface area contributed by atoms with Crippen molar-refractivity contribution < 1.29 is 23.9 Å². The molecule has 0 spiro atoms. The summed E-state index contributed by atoms with van der Waals surface area (Å²) in [7, 11) is 1.29. The second-order valence-electron chi connectivity index (χ2n) is 8.18. The van der Waals surface area contributed by atoms with Crippen LogP contribution in [0.1, 0.15) is 42.4 Å². The molecule has 2 aromatic rings. The third-order valence-corrected chi connectivity index (χ3v) is 4.69. The van der Waals surface area contributed by atoms with E-state index in [4.69, 9.17) is 9.47 Å². The van der Waals surface area contributed by atoms with Crippen LogP contribution >= 0.6 is 0 Å². The molecule has 0 radical (unpaired) electrons. The Balaban J connectivity index is 1.84. The predicted molar refractivity (Wildman–Crippen MR) is 110 cm³/mol. The first-order valence-electron chi connectivity index (χ1n) is 9.56. The molecule has 1 heterocycles. The van der Waals surface area contributed by atoms with Crippen LogP contribution in [0.5, 0.6) is 0 Å². The summed E-state index contributed by atoms with van der Waals surface area (Å²) >= 11 is 0. The van der Waals surface area contributed by atoms with Crippen molar-refractivity contribution in [2.45, 2.75) is 44.8 Å². The molecule has 0 saturated heterocycles. The van der Waals surface area contributed by atoms with Gasteiger partial charge in [0.25, 0.3) is 5.91 Å². The first-order chi connectivity index (χ1) is 14.1. The van der Waals surface area contributed by atoms with Crippen LogP contribution in [0.25, 0.3) is 0 Å². The van der Waals surface area contributed by atoms with E-state index in [1.54, 1.807) is 32.9 Å². The van der Waals surface area contributed by atoms with Crippen LogP contribution in [-0.4, -0.2) is 41.2 Å². The molecule has 8 heteroatoms. The Morgan fingerprint density at radius 1 is 1.03 bits per heavy atom. The number of carbonyl (C=O) groups excluding carboxylic acids is 3. The smallest absolute Gasteiger partial charge is 0.412 e. The SMILES string of the molecule is COC(=O)C1(NC(=O)c2ncccc2NC(=O)OC(C)(C)C)Cc2ccccc2C1. The molecule has 1 aliphatic carbocycles. The van der Waals surface area contributed by atoms with Gasteiger partial charge in [-0.25, -0.2) is 14.6 Å². The molecular weight excluding hydrogens is 386 g/mol.